The van der Waals surface area contributed by atoms with Gasteiger partial charge >= 0.3 is 0 Å². The van der Waals surface area contributed by atoms with E-state index in [0.29, 0.717) is 10.6 Å². The van der Waals surface area contributed by atoms with Crippen LogP contribution < -0.4 is 11.1 Å². The Morgan fingerprint density at radius 2 is 1.96 bits per heavy atom. The van der Waals surface area contributed by atoms with Crippen molar-refractivity contribution < 1.29 is 9.59 Å². The van der Waals surface area contributed by atoms with Crippen molar-refractivity contribution in [1.29, 1.82) is 0 Å². The molecular weight excluding hydrogens is 378 g/mol. The molecule has 0 aliphatic heterocycles. The van der Waals surface area contributed by atoms with E-state index in [1.54, 1.807) is 0 Å². The fourth-order valence-electron chi connectivity index (χ4n) is 3.34. The number of aryl methyl sites for hydroxylation is 1. The van der Waals surface area contributed by atoms with E-state index in [-0.39, 0.29) is 11.7 Å². The minimum Gasteiger partial charge on any atom is -0.365 e. The third kappa shape index (κ3) is 3.84. The average Bonchev–Trinajstić information content (AvgIpc) is 3.04. The van der Waals surface area contributed by atoms with Crippen LogP contribution in [0.15, 0.2) is 41.4 Å². The maximum atomic E-state index is 12.4. The third-order valence-corrected chi connectivity index (χ3v) is 6.73. The van der Waals surface area contributed by atoms with Crippen molar-refractivity contribution in [3.8, 4) is 0 Å². The summed E-state index contributed by atoms with van der Waals surface area (Å²) < 4.78 is 0. The molecule has 0 fully saturated rings. The smallest absolute Gasteiger partial charge is 0.251 e. The van der Waals surface area contributed by atoms with Gasteiger partial charge in [-0.1, -0.05) is 36.0 Å². The molecule has 1 aromatic carbocycles. The summed E-state index contributed by atoms with van der Waals surface area (Å²) in [6, 6.07) is 11.8. The number of amides is 2. The van der Waals surface area contributed by atoms with Crippen LogP contribution in [0.5, 0.6) is 0 Å². The van der Waals surface area contributed by atoms with Gasteiger partial charge in [0.15, 0.2) is 0 Å². The zero-order chi connectivity index (χ0) is 18.8. The van der Waals surface area contributed by atoms with Crippen LogP contribution >= 0.6 is 23.1 Å². The number of nitrogens with one attached hydrogen (secondary N) is 1. The number of aromatic nitrogens is 1. The maximum Gasteiger partial charge on any atom is 0.251 e. The number of fused-ring (bicyclic) bond motifs is 2. The molecule has 0 saturated carbocycles. The molecule has 1 aliphatic rings. The second kappa shape index (κ2) is 7.70. The number of para-hydroxylation sites is 1. The highest BCUT2D eigenvalue weighted by molar-refractivity contribution is 7.99. The van der Waals surface area contributed by atoms with E-state index in [1.165, 1.54) is 28.0 Å². The summed E-state index contributed by atoms with van der Waals surface area (Å²) in [4.78, 5) is 30.1. The molecule has 4 rings (SSSR count). The third-order valence-electron chi connectivity index (χ3n) is 4.59. The molecule has 7 heteroatoms. The van der Waals surface area contributed by atoms with Gasteiger partial charge in [0.1, 0.15) is 5.00 Å². The first-order chi connectivity index (χ1) is 13.1. The Labute approximate surface area is 165 Å². The lowest BCUT2D eigenvalue weighted by Gasteiger charge is -2.11. The van der Waals surface area contributed by atoms with Gasteiger partial charge in [0.25, 0.3) is 5.91 Å². The van der Waals surface area contributed by atoms with Crippen LogP contribution in [-0.4, -0.2) is 22.6 Å². The van der Waals surface area contributed by atoms with Crippen molar-refractivity contribution >= 4 is 50.8 Å². The number of rotatable bonds is 5. The number of nitrogens with zero attached hydrogens (tertiary/aromatic N) is 1. The van der Waals surface area contributed by atoms with Gasteiger partial charge in [-0.2, -0.15) is 0 Å². The van der Waals surface area contributed by atoms with Gasteiger partial charge in [-0.05, 0) is 43.4 Å². The molecule has 2 amide bonds. The Morgan fingerprint density at radius 3 is 2.81 bits per heavy atom. The molecular formula is C20H19N3O2S2. The molecule has 2 aromatic heterocycles. The Balaban J connectivity index is 1.46. The molecule has 5 nitrogen and oxygen atoms in total. The Kier molecular flexibility index (Phi) is 5.13. The van der Waals surface area contributed by atoms with Crippen LogP contribution in [0.3, 0.4) is 0 Å². The number of benzene rings is 1. The minimum absolute atomic E-state index is 0.156. The predicted octanol–water partition coefficient (Wildman–Crippen LogP) is 4.00. The maximum absolute atomic E-state index is 12.4. The van der Waals surface area contributed by atoms with Gasteiger partial charge < -0.3 is 11.1 Å². The lowest BCUT2D eigenvalue weighted by atomic mass is 9.95. The standard InChI is InChI=1S/C20H19N3O2S2/c21-19(25)18-13-6-2-4-8-15(13)27-20(18)23-16(24)11-26-17-10-9-12-5-1-3-7-14(12)22-17/h1,3,5,7,9-10H,2,4,6,8,11H2,(H2,21,25)(H,23,24). The van der Waals surface area contributed by atoms with Gasteiger partial charge in [-0.3, -0.25) is 9.59 Å². The fourth-order valence-corrected chi connectivity index (χ4v) is 5.33. The number of hydrogen-bond donors (Lipinski definition) is 2. The van der Waals surface area contributed by atoms with E-state index >= 15 is 0 Å². The van der Waals surface area contributed by atoms with E-state index in [1.807, 2.05) is 36.4 Å². The highest BCUT2D eigenvalue weighted by Gasteiger charge is 2.24. The average molecular weight is 398 g/mol. The Morgan fingerprint density at radius 1 is 1.15 bits per heavy atom. The number of primary amides is 1. The predicted molar refractivity (Wildman–Crippen MR) is 111 cm³/mol. The second-order valence-corrected chi connectivity index (χ2v) is 8.56. The first-order valence-corrected chi connectivity index (χ1v) is 10.6. The van der Waals surface area contributed by atoms with Crippen LogP contribution in [0.25, 0.3) is 10.9 Å². The number of nitrogens with two attached hydrogens (primary N) is 1. The SMILES string of the molecule is NC(=O)c1c(NC(=O)CSc2ccc3ccccc3n2)sc2c1CCCC2. The van der Waals surface area contributed by atoms with Crippen LogP contribution in [0, 0.1) is 0 Å². The van der Waals surface area contributed by atoms with Crippen molar-refractivity contribution in [2.75, 3.05) is 11.1 Å². The van der Waals surface area contributed by atoms with Crippen LogP contribution in [0.2, 0.25) is 0 Å². The number of hydrogen-bond acceptors (Lipinski definition) is 5. The zero-order valence-electron chi connectivity index (χ0n) is 14.7. The molecule has 0 atom stereocenters. The van der Waals surface area contributed by atoms with Crippen molar-refractivity contribution in [2.24, 2.45) is 5.73 Å². The first kappa shape index (κ1) is 18.0. The van der Waals surface area contributed by atoms with Gasteiger partial charge in [-0.15, -0.1) is 11.3 Å². The Hall–Kier alpha value is -2.38. The van der Waals surface area contributed by atoms with E-state index in [2.05, 4.69) is 10.3 Å². The molecule has 0 unspecified atom stereocenters. The summed E-state index contributed by atoms with van der Waals surface area (Å²) in [6.07, 6.45) is 3.98. The molecule has 138 valence electrons. The number of anilines is 1. The summed E-state index contributed by atoms with van der Waals surface area (Å²) in [5.74, 6) is -0.392. The highest BCUT2D eigenvalue weighted by Crippen LogP contribution is 2.38. The van der Waals surface area contributed by atoms with E-state index < -0.39 is 5.91 Å². The van der Waals surface area contributed by atoms with Crippen LogP contribution in [0.1, 0.15) is 33.6 Å². The normalized spacial score (nSPS) is 13.3. The zero-order valence-corrected chi connectivity index (χ0v) is 16.3. The number of thiophene rings is 1. The number of carbonyl (C=O) groups is 2. The van der Waals surface area contributed by atoms with E-state index in [0.717, 1.165) is 47.2 Å². The molecule has 0 spiro atoms. The molecule has 27 heavy (non-hydrogen) atoms. The summed E-state index contributed by atoms with van der Waals surface area (Å²) in [6.45, 7) is 0. The molecule has 0 saturated heterocycles. The number of carbonyl (C=O) groups excluding carboxylic acids is 2. The van der Waals surface area contributed by atoms with Crippen LogP contribution in [0.4, 0.5) is 5.00 Å². The molecule has 0 radical (unpaired) electrons. The van der Waals surface area contributed by atoms with E-state index in [4.69, 9.17) is 5.73 Å². The van der Waals surface area contributed by atoms with Gasteiger partial charge in [-0.25, -0.2) is 4.98 Å². The minimum atomic E-state index is -0.464. The van der Waals surface area contributed by atoms with Crippen molar-refractivity contribution in [1.82, 2.24) is 4.98 Å². The van der Waals surface area contributed by atoms with Crippen molar-refractivity contribution in [2.45, 2.75) is 30.7 Å². The summed E-state index contributed by atoms with van der Waals surface area (Å²) in [7, 11) is 0. The highest BCUT2D eigenvalue weighted by atomic mass is 32.2. The van der Waals surface area contributed by atoms with Crippen LogP contribution in [-0.2, 0) is 17.6 Å². The van der Waals surface area contributed by atoms with Gasteiger partial charge in [0.2, 0.25) is 5.91 Å². The van der Waals surface area contributed by atoms with Crippen molar-refractivity contribution in [3.63, 3.8) is 0 Å². The Bertz CT molecular complexity index is 1030. The topological polar surface area (TPSA) is 85.1 Å². The molecule has 1 aliphatic carbocycles. The van der Waals surface area contributed by atoms with E-state index in [9.17, 15) is 9.59 Å². The molecule has 2 heterocycles. The van der Waals surface area contributed by atoms with Gasteiger partial charge in [0, 0.05) is 10.3 Å². The summed E-state index contributed by atoms with van der Waals surface area (Å²) in [5.41, 5.74) is 8.01. The monoisotopic (exact) mass is 397 g/mol. The van der Waals surface area contributed by atoms with Gasteiger partial charge in [0.05, 0.1) is 21.9 Å². The summed E-state index contributed by atoms with van der Waals surface area (Å²) in [5, 5.41) is 5.34. The molecule has 3 aromatic rings. The quantitative estimate of drug-likeness (QED) is 0.637. The molecule has 3 N–H and O–H groups in total. The number of thioether (sulfide) groups is 1. The second-order valence-electron chi connectivity index (χ2n) is 6.46. The lowest BCUT2D eigenvalue weighted by molar-refractivity contribution is -0.113. The first-order valence-electron chi connectivity index (χ1n) is 8.84. The summed E-state index contributed by atoms with van der Waals surface area (Å²) >= 11 is 2.86. The molecule has 0 bridgehead atoms. The lowest BCUT2D eigenvalue weighted by Crippen LogP contribution is -2.19. The largest absolute Gasteiger partial charge is 0.365 e. The number of pyridine rings is 1. The fraction of sp³-hybridized carbons (Fsp3) is 0.250. The van der Waals surface area contributed by atoms with Crippen molar-refractivity contribution in [3.05, 3.63) is 52.4 Å².